The minimum atomic E-state index is -1.29. The van der Waals surface area contributed by atoms with Gasteiger partial charge in [-0.25, -0.2) is 0 Å². The number of carboxylic acid groups (broad SMARTS) is 1. The number of hydrogen-bond donors (Lipinski definition) is 1. The number of carbonyl (C=O) groups is 2. The molecule has 9 heteroatoms. The maximum atomic E-state index is 11.5. The number of ether oxygens (including phenoxy) is 2. The van der Waals surface area contributed by atoms with Gasteiger partial charge in [0.1, 0.15) is 0 Å². The Morgan fingerprint density at radius 2 is 2.22 bits per heavy atom. The van der Waals surface area contributed by atoms with E-state index in [1.807, 2.05) is 0 Å². The maximum absolute atomic E-state index is 11.5. The highest BCUT2D eigenvalue weighted by atomic mass is 32.2. The molecule has 122 valence electrons. The first-order chi connectivity index (χ1) is 11.0. The van der Waals surface area contributed by atoms with E-state index in [0.29, 0.717) is 17.1 Å². The van der Waals surface area contributed by atoms with E-state index in [-0.39, 0.29) is 11.6 Å². The molecule has 0 aromatic heterocycles. The summed E-state index contributed by atoms with van der Waals surface area (Å²) in [5.41, 5.74) is 0.650. The molecule has 1 fully saturated rings. The Morgan fingerprint density at radius 3 is 2.87 bits per heavy atom. The molecule has 1 amide bonds. The summed E-state index contributed by atoms with van der Waals surface area (Å²) in [4.78, 5) is 22.1. The number of hydrogen-bond acceptors (Lipinski definition) is 8. The van der Waals surface area contributed by atoms with Gasteiger partial charge in [-0.2, -0.15) is 5.10 Å². The van der Waals surface area contributed by atoms with E-state index in [9.17, 15) is 14.7 Å². The van der Waals surface area contributed by atoms with Gasteiger partial charge in [0.15, 0.2) is 16.7 Å². The molecule has 1 heterocycles. The van der Waals surface area contributed by atoms with Crippen LogP contribution in [0.3, 0.4) is 0 Å². The normalized spacial score (nSPS) is 19.1. The van der Waals surface area contributed by atoms with Crippen molar-refractivity contribution in [2.24, 2.45) is 10.2 Å². The lowest BCUT2D eigenvalue weighted by Gasteiger charge is -2.08. The highest BCUT2D eigenvalue weighted by Crippen LogP contribution is 2.29. The van der Waals surface area contributed by atoms with Crippen molar-refractivity contribution < 1.29 is 24.2 Å². The number of nitrogens with zero attached hydrogens (tertiary/aromatic N) is 2. The van der Waals surface area contributed by atoms with E-state index in [2.05, 4.69) is 15.5 Å². The lowest BCUT2D eigenvalue weighted by Crippen LogP contribution is -2.31. The fraction of sp³-hybridized carbons (Fsp3) is 0.286. The first-order valence-corrected chi connectivity index (χ1v) is 7.42. The molecule has 1 aromatic rings. The zero-order valence-corrected chi connectivity index (χ0v) is 13.3. The van der Waals surface area contributed by atoms with Crippen LogP contribution in [0.25, 0.3) is 0 Å². The van der Waals surface area contributed by atoms with Gasteiger partial charge in [0, 0.05) is 18.0 Å². The summed E-state index contributed by atoms with van der Waals surface area (Å²) < 4.78 is 10.4. The van der Waals surface area contributed by atoms with Crippen LogP contribution in [0, 0.1) is 0 Å². The van der Waals surface area contributed by atoms with Crippen LogP contribution in [0.4, 0.5) is 0 Å². The largest absolute Gasteiger partial charge is 0.550 e. The van der Waals surface area contributed by atoms with Gasteiger partial charge in [-0.1, -0.05) is 17.8 Å². The Bertz CT molecular complexity index is 674. The molecule has 0 bridgehead atoms. The summed E-state index contributed by atoms with van der Waals surface area (Å²) in [6.07, 6.45) is 1.08. The quantitative estimate of drug-likeness (QED) is 0.567. The minimum Gasteiger partial charge on any atom is -0.550 e. The van der Waals surface area contributed by atoms with Crippen LogP contribution < -0.4 is 19.9 Å². The molecule has 0 aliphatic carbocycles. The average molecular weight is 336 g/mol. The number of thioether (sulfide) groups is 1. The number of carboxylic acids is 1. The summed E-state index contributed by atoms with van der Waals surface area (Å²) in [6.45, 7) is 0. The van der Waals surface area contributed by atoms with Crippen LogP contribution in [0.15, 0.2) is 28.4 Å². The molecular weight excluding hydrogens is 322 g/mol. The summed E-state index contributed by atoms with van der Waals surface area (Å²) >= 11 is 0.999. The Morgan fingerprint density at radius 1 is 1.43 bits per heavy atom. The lowest BCUT2D eigenvalue weighted by molar-refractivity contribution is -0.305. The average Bonchev–Trinajstić information content (AvgIpc) is 2.86. The summed E-state index contributed by atoms with van der Waals surface area (Å²) in [7, 11) is 3.04. The molecule has 23 heavy (non-hydrogen) atoms. The molecule has 2 rings (SSSR count). The molecule has 0 saturated carbocycles. The number of benzene rings is 1. The van der Waals surface area contributed by atoms with Crippen molar-refractivity contribution in [1.82, 2.24) is 5.32 Å². The van der Waals surface area contributed by atoms with Crippen molar-refractivity contribution in [2.45, 2.75) is 11.7 Å². The Balaban J connectivity index is 2.10. The molecule has 1 aromatic carbocycles. The van der Waals surface area contributed by atoms with Crippen molar-refractivity contribution >= 4 is 35.0 Å². The minimum absolute atomic E-state index is 0.236. The van der Waals surface area contributed by atoms with Crippen LogP contribution in [0.2, 0.25) is 0 Å². The second-order valence-corrected chi connectivity index (χ2v) is 5.60. The molecule has 1 N–H and O–H groups in total. The monoisotopic (exact) mass is 336 g/mol. The van der Waals surface area contributed by atoms with Crippen molar-refractivity contribution in [1.29, 1.82) is 0 Å². The van der Waals surface area contributed by atoms with Gasteiger partial charge in [0.25, 0.3) is 0 Å². The van der Waals surface area contributed by atoms with Crippen molar-refractivity contribution in [3.05, 3.63) is 23.8 Å². The number of nitrogens with one attached hydrogen (secondary N) is 1. The Hall–Kier alpha value is -2.55. The maximum Gasteiger partial charge on any atom is 0.239 e. The van der Waals surface area contributed by atoms with Gasteiger partial charge in [0.2, 0.25) is 5.91 Å². The molecule has 1 saturated heterocycles. The SMILES string of the molecule is COc1cccc(/C=N\N=C2\NC(=O)[C@H](CC(=O)[O-])S2)c1OC. The van der Waals surface area contributed by atoms with E-state index < -0.39 is 17.1 Å². The van der Waals surface area contributed by atoms with Crippen LogP contribution >= 0.6 is 11.8 Å². The second kappa shape index (κ2) is 7.63. The summed E-state index contributed by atoms with van der Waals surface area (Å²) in [6, 6.07) is 5.29. The number of methoxy groups -OCH3 is 2. The highest BCUT2D eigenvalue weighted by Gasteiger charge is 2.30. The number of amidine groups is 1. The molecule has 8 nitrogen and oxygen atoms in total. The third-order valence-corrected chi connectivity index (χ3v) is 3.98. The standard InChI is InChI=1S/C14H15N3O5S/c1-21-9-5-3-4-8(12(9)22-2)7-15-17-14-16-13(20)10(23-14)6-11(18)19/h3-5,7,10H,6H2,1-2H3,(H,18,19)(H,16,17,20)/p-1/b15-7-/t10-/m0/s1. The van der Waals surface area contributed by atoms with E-state index in [4.69, 9.17) is 9.47 Å². The molecule has 1 aliphatic heterocycles. The lowest BCUT2D eigenvalue weighted by atomic mass is 10.2. The van der Waals surface area contributed by atoms with Crippen molar-refractivity contribution in [2.75, 3.05) is 14.2 Å². The molecule has 0 radical (unpaired) electrons. The van der Waals surface area contributed by atoms with Gasteiger partial charge in [-0.3, -0.25) is 4.79 Å². The van der Waals surface area contributed by atoms with Crippen molar-refractivity contribution in [3.8, 4) is 11.5 Å². The zero-order chi connectivity index (χ0) is 16.8. The molecule has 1 atom stereocenters. The van der Waals surface area contributed by atoms with Crippen LogP contribution in [-0.4, -0.2) is 42.7 Å². The number of carbonyl (C=O) groups excluding carboxylic acids is 2. The second-order valence-electron chi connectivity index (χ2n) is 4.40. The molecule has 0 unspecified atom stereocenters. The summed E-state index contributed by atoms with van der Waals surface area (Å²) in [5.74, 6) is -0.644. The fourth-order valence-electron chi connectivity index (χ4n) is 1.90. The van der Waals surface area contributed by atoms with Gasteiger partial charge in [0.05, 0.1) is 25.7 Å². The molecular formula is C14H14N3O5S-. The van der Waals surface area contributed by atoms with E-state index in [1.165, 1.54) is 20.4 Å². The van der Waals surface area contributed by atoms with Gasteiger partial charge in [-0.15, -0.1) is 5.10 Å². The number of rotatable bonds is 6. The molecule has 1 aliphatic rings. The van der Waals surface area contributed by atoms with Gasteiger partial charge < -0.3 is 24.7 Å². The highest BCUT2D eigenvalue weighted by molar-refractivity contribution is 8.15. The number of amides is 1. The third kappa shape index (κ3) is 4.22. The fourth-order valence-corrected chi connectivity index (χ4v) is 2.80. The smallest absolute Gasteiger partial charge is 0.239 e. The van der Waals surface area contributed by atoms with E-state index >= 15 is 0 Å². The van der Waals surface area contributed by atoms with E-state index in [0.717, 1.165) is 11.8 Å². The number of aliphatic carboxylic acids is 1. The third-order valence-electron chi connectivity index (χ3n) is 2.91. The topological polar surface area (TPSA) is 112 Å². The van der Waals surface area contributed by atoms with Crippen molar-refractivity contribution in [3.63, 3.8) is 0 Å². The summed E-state index contributed by atoms with van der Waals surface area (Å²) in [5, 5.41) is 20.2. The van der Waals surface area contributed by atoms with E-state index in [1.54, 1.807) is 18.2 Å². The Kier molecular flexibility index (Phi) is 5.58. The van der Waals surface area contributed by atoms with Gasteiger partial charge in [-0.05, 0) is 12.1 Å². The number of para-hydroxylation sites is 1. The van der Waals surface area contributed by atoms with Crippen LogP contribution in [0.5, 0.6) is 11.5 Å². The predicted molar refractivity (Wildman–Crippen MR) is 83.7 cm³/mol. The molecule has 0 spiro atoms. The predicted octanol–water partition coefficient (Wildman–Crippen LogP) is -0.235. The van der Waals surface area contributed by atoms with Crippen LogP contribution in [0.1, 0.15) is 12.0 Å². The van der Waals surface area contributed by atoms with Gasteiger partial charge >= 0.3 is 0 Å². The Labute approximate surface area is 136 Å². The first-order valence-electron chi connectivity index (χ1n) is 6.54. The zero-order valence-electron chi connectivity index (χ0n) is 12.4. The van der Waals surface area contributed by atoms with Crippen LogP contribution in [-0.2, 0) is 9.59 Å². The first kappa shape index (κ1) is 16.8.